The molecule has 10 nitrogen and oxygen atoms in total. The maximum absolute atomic E-state index is 11.7. The van der Waals surface area contributed by atoms with Crippen LogP contribution in [0.25, 0.3) is 0 Å². The zero-order valence-corrected chi connectivity index (χ0v) is 11.7. The maximum atomic E-state index is 11.7. The van der Waals surface area contributed by atoms with Crippen molar-refractivity contribution in [1.82, 2.24) is 14.9 Å². The molecule has 2 amide bonds. The highest BCUT2D eigenvalue weighted by Crippen LogP contribution is 1.99. The van der Waals surface area contributed by atoms with Crippen LogP contribution < -0.4 is 22.5 Å². The van der Waals surface area contributed by atoms with E-state index in [0.717, 1.165) is 0 Å². The number of aliphatic carboxylic acids is 1. The van der Waals surface area contributed by atoms with Crippen LogP contribution in [0.5, 0.6) is 0 Å². The molecule has 0 fully saturated rings. The van der Waals surface area contributed by atoms with Gasteiger partial charge >= 0.3 is 11.7 Å². The summed E-state index contributed by atoms with van der Waals surface area (Å²) in [5, 5.41) is 11.2. The van der Waals surface area contributed by atoms with E-state index in [1.54, 1.807) is 0 Å². The molecule has 0 aliphatic rings. The molecule has 0 aliphatic heterocycles. The number of carbonyl (C=O) groups excluding carboxylic acids is 2. The first kappa shape index (κ1) is 17.1. The van der Waals surface area contributed by atoms with Crippen LogP contribution in [0, 0.1) is 0 Å². The summed E-state index contributed by atoms with van der Waals surface area (Å²) < 4.78 is 1.18. The van der Waals surface area contributed by atoms with Crippen molar-refractivity contribution in [3.8, 4) is 0 Å². The highest BCUT2D eigenvalue weighted by Gasteiger charge is 2.20. The lowest BCUT2D eigenvalue weighted by molar-refractivity contribution is -0.142. The Kier molecular flexibility index (Phi) is 6.05. The lowest BCUT2D eigenvalue weighted by Gasteiger charge is -2.14. The van der Waals surface area contributed by atoms with Crippen molar-refractivity contribution in [2.75, 3.05) is 5.73 Å². The minimum absolute atomic E-state index is 0.0279. The maximum Gasteiger partial charge on any atom is 0.349 e. The van der Waals surface area contributed by atoms with Crippen LogP contribution in [0.2, 0.25) is 0 Å². The zero-order chi connectivity index (χ0) is 16.7. The van der Waals surface area contributed by atoms with E-state index in [2.05, 4.69) is 10.3 Å². The van der Waals surface area contributed by atoms with Gasteiger partial charge in [0.2, 0.25) is 11.8 Å². The second-order valence-corrected chi connectivity index (χ2v) is 4.54. The Hall–Kier alpha value is -2.91. The Bertz CT molecular complexity index is 627. The van der Waals surface area contributed by atoms with Crippen molar-refractivity contribution in [2.24, 2.45) is 5.73 Å². The molecule has 0 aliphatic carbocycles. The van der Waals surface area contributed by atoms with Crippen LogP contribution in [0.3, 0.4) is 0 Å². The summed E-state index contributed by atoms with van der Waals surface area (Å²) in [4.78, 5) is 48.3. The minimum Gasteiger partial charge on any atom is -0.480 e. The van der Waals surface area contributed by atoms with Crippen molar-refractivity contribution in [3.63, 3.8) is 0 Å². The third-order valence-electron chi connectivity index (χ3n) is 2.79. The molecule has 1 heterocycles. The quantitative estimate of drug-likeness (QED) is 0.432. The molecule has 120 valence electrons. The van der Waals surface area contributed by atoms with Gasteiger partial charge in [-0.15, -0.1) is 0 Å². The summed E-state index contributed by atoms with van der Waals surface area (Å²) in [6.07, 6.45) is 1.02. The fourth-order valence-electron chi connectivity index (χ4n) is 1.64. The number of carboxylic acids is 1. The second kappa shape index (κ2) is 7.76. The number of aromatic nitrogens is 2. The van der Waals surface area contributed by atoms with Crippen LogP contribution in [-0.4, -0.2) is 38.5 Å². The molecule has 0 unspecified atom stereocenters. The number of nitrogens with zero attached hydrogens (tertiary/aromatic N) is 2. The number of anilines is 1. The van der Waals surface area contributed by atoms with E-state index in [1.807, 2.05) is 0 Å². The molecule has 1 aromatic rings. The van der Waals surface area contributed by atoms with Crippen molar-refractivity contribution >= 4 is 23.6 Å². The normalized spacial score (nSPS) is 11.6. The third kappa shape index (κ3) is 5.61. The summed E-state index contributed by atoms with van der Waals surface area (Å²) in [6.45, 7) is 0.0279. The first-order valence-electron chi connectivity index (χ1n) is 6.43. The number of nitrogen functional groups attached to an aromatic ring is 1. The average Bonchev–Trinajstić information content (AvgIpc) is 2.41. The van der Waals surface area contributed by atoms with Crippen LogP contribution in [0.15, 0.2) is 17.1 Å². The predicted molar refractivity (Wildman–Crippen MR) is 75.5 cm³/mol. The Morgan fingerprint density at radius 2 is 2.05 bits per heavy atom. The number of carboxylic acid groups (broad SMARTS) is 1. The van der Waals surface area contributed by atoms with Gasteiger partial charge in [-0.3, -0.25) is 14.2 Å². The molecule has 1 aromatic heterocycles. The van der Waals surface area contributed by atoms with E-state index < -0.39 is 29.5 Å². The van der Waals surface area contributed by atoms with Crippen LogP contribution >= 0.6 is 0 Å². The van der Waals surface area contributed by atoms with Gasteiger partial charge in [0.15, 0.2) is 0 Å². The van der Waals surface area contributed by atoms with Gasteiger partial charge in [-0.2, -0.15) is 4.98 Å². The lowest BCUT2D eigenvalue weighted by atomic mass is 10.1. The Morgan fingerprint density at radius 3 is 2.59 bits per heavy atom. The summed E-state index contributed by atoms with van der Waals surface area (Å²) in [5.74, 6) is -2.41. The van der Waals surface area contributed by atoms with Crippen LogP contribution in [0.4, 0.5) is 5.82 Å². The topological polar surface area (TPSA) is 170 Å². The Labute approximate surface area is 125 Å². The fourth-order valence-corrected chi connectivity index (χ4v) is 1.64. The van der Waals surface area contributed by atoms with Gasteiger partial charge in [0.05, 0.1) is 0 Å². The van der Waals surface area contributed by atoms with E-state index in [4.69, 9.17) is 16.6 Å². The first-order chi connectivity index (χ1) is 10.3. The van der Waals surface area contributed by atoms with Gasteiger partial charge in [0, 0.05) is 25.6 Å². The second-order valence-electron chi connectivity index (χ2n) is 4.54. The third-order valence-corrected chi connectivity index (χ3v) is 2.79. The largest absolute Gasteiger partial charge is 0.480 e. The molecule has 10 heteroatoms. The number of amides is 2. The summed E-state index contributed by atoms with van der Waals surface area (Å²) >= 11 is 0. The SMILES string of the molecule is NC(=O)CC[C@H](NC(=O)CCn1ccc(N)nc1=O)C(=O)O. The standard InChI is InChI=1S/C12H17N5O5/c13-8-3-5-17(12(22)16-8)6-4-10(19)15-7(11(20)21)1-2-9(14)18/h3,5,7H,1-2,4,6H2,(H2,14,18)(H,15,19)(H,20,21)(H2,13,16,22)/t7-/m0/s1. The van der Waals surface area contributed by atoms with Gasteiger partial charge < -0.3 is 21.9 Å². The van der Waals surface area contributed by atoms with E-state index in [-0.39, 0.29) is 31.6 Å². The van der Waals surface area contributed by atoms with Crippen molar-refractivity contribution < 1.29 is 19.5 Å². The van der Waals surface area contributed by atoms with Gasteiger partial charge in [-0.25, -0.2) is 9.59 Å². The number of aryl methyl sites for hydroxylation is 1. The van der Waals surface area contributed by atoms with Gasteiger partial charge in [-0.1, -0.05) is 0 Å². The highest BCUT2D eigenvalue weighted by molar-refractivity contribution is 5.84. The molecule has 0 saturated heterocycles. The summed E-state index contributed by atoms with van der Waals surface area (Å²) in [7, 11) is 0. The molecule has 0 bridgehead atoms. The molecule has 0 aromatic carbocycles. The number of nitrogens with one attached hydrogen (secondary N) is 1. The summed E-state index contributed by atoms with van der Waals surface area (Å²) in [5.41, 5.74) is 9.67. The molecule has 0 radical (unpaired) electrons. The van der Waals surface area contributed by atoms with Crippen LogP contribution in [0.1, 0.15) is 19.3 Å². The number of hydrogen-bond donors (Lipinski definition) is 4. The van der Waals surface area contributed by atoms with E-state index in [1.165, 1.54) is 16.8 Å². The molecule has 1 atom stereocenters. The van der Waals surface area contributed by atoms with E-state index >= 15 is 0 Å². The molecule has 1 rings (SSSR count). The minimum atomic E-state index is -1.26. The molecular weight excluding hydrogens is 294 g/mol. The number of carbonyl (C=O) groups is 3. The first-order valence-corrected chi connectivity index (χ1v) is 6.43. The summed E-state index contributed by atoms with van der Waals surface area (Å²) in [6, 6.07) is 0.202. The fraction of sp³-hybridized carbons (Fsp3) is 0.417. The van der Waals surface area contributed by atoms with Crippen molar-refractivity contribution in [3.05, 3.63) is 22.7 Å². The smallest absolute Gasteiger partial charge is 0.349 e. The number of rotatable bonds is 8. The molecule has 22 heavy (non-hydrogen) atoms. The molecule has 0 saturated carbocycles. The van der Waals surface area contributed by atoms with Crippen LogP contribution in [-0.2, 0) is 20.9 Å². The molecule has 0 spiro atoms. The Morgan fingerprint density at radius 1 is 1.36 bits per heavy atom. The van der Waals surface area contributed by atoms with Crippen molar-refractivity contribution in [2.45, 2.75) is 31.8 Å². The monoisotopic (exact) mass is 311 g/mol. The number of primary amides is 1. The molecular formula is C12H17N5O5. The lowest BCUT2D eigenvalue weighted by Crippen LogP contribution is -2.42. The van der Waals surface area contributed by atoms with E-state index in [9.17, 15) is 19.2 Å². The zero-order valence-electron chi connectivity index (χ0n) is 11.7. The van der Waals surface area contributed by atoms with E-state index in [0.29, 0.717) is 0 Å². The average molecular weight is 311 g/mol. The predicted octanol–water partition coefficient (Wildman–Crippen LogP) is -1.95. The van der Waals surface area contributed by atoms with Gasteiger partial charge in [-0.05, 0) is 12.5 Å². The molecule has 6 N–H and O–H groups in total. The van der Waals surface area contributed by atoms with Gasteiger partial charge in [0.25, 0.3) is 0 Å². The number of nitrogens with two attached hydrogens (primary N) is 2. The van der Waals surface area contributed by atoms with Gasteiger partial charge in [0.1, 0.15) is 11.9 Å². The number of hydrogen-bond acceptors (Lipinski definition) is 6. The van der Waals surface area contributed by atoms with Crippen molar-refractivity contribution in [1.29, 1.82) is 0 Å². The highest BCUT2D eigenvalue weighted by atomic mass is 16.4. The Balaban J connectivity index is 2.54.